The van der Waals surface area contributed by atoms with Crippen molar-refractivity contribution in [3.63, 3.8) is 0 Å². The molecule has 0 bridgehead atoms. The number of carbonyl (C=O) groups is 2. The molecule has 1 aliphatic heterocycles. The molecular weight excluding hydrogens is 580 g/mol. The number of esters is 1. The van der Waals surface area contributed by atoms with Gasteiger partial charge in [-0.2, -0.15) is 5.10 Å². The minimum atomic E-state index is -1.14. The third-order valence-electron chi connectivity index (χ3n) is 6.77. The zero-order chi connectivity index (χ0) is 32.3. The van der Waals surface area contributed by atoms with Crippen molar-refractivity contribution in [2.75, 3.05) is 27.4 Å². The Morgan fingerprint density at radius 3 is 2.51 bits per heavy atom. The zero-order valence-electron chi connectivity index (χ0n) is 25.9. The average Bonchev–Trinajstić information content (AvgIpc) is 3.03. The van der Waals surface area contributed by atoms with Gasteiger partial charge in [-0.3, -0.25) is 5.43 Å². The molecule has 0 aromatic heterocycles. The lowest BCUT2D eigenvalue weighted by Crippen LogP contribution is -2.45. The largest absolute Gasteiger partial charge is 0.493 e. The first-order valence-electron chi connectivity index (χ1n) is 14.3. The minimum Gasteiger partial charge on any atom is -0.493 e. The van der Waals surface area contributed by atoms with E-state index < -0.39 is 24.3 Å². The predicted octanol–water partition coefficient (Wildman–Crippen LogP) is 4.10. The van der Waals surface area contributed by atoms with Crippen LogP contribution < -0.4 is 35.0 Å². The molecular formula is C33H38N4O8. The highest BCUT2D eigenvalue weighted by Crippen LogP contribution is 2.35. The summed E-state index contributed by atoms with van der Waals surface area (Å²) < 4.78 is 27.9. The number of allylic oxidation sites excluding steroid dienone is 1. The monoisotopic (exact) mass is 618 g/mol. The molecule has 0 unspecified atom stereocenters. The number of aliphatic hydroxyl groups is 1. The number of hydrogen-bond acceptors (Lipinski definition) is 10. The number of urea groups is 1. The summed E-state index contributed by atoms with van der Waals surface area (Å²) in [5.74, 6) is 1.31. The maximum absolute atomic E-state index is 12.4. The number of nitrogens with zero attached hydrogens (tertiary/aromatic N) is 1. The van der Waals surface area contributed by atoms with Gasteiger partial charge in [0.05, 0.1) is 38.7 Å². The number of rotatable bonds is 14. The molecule has 1 aliphatic rings. The lowest BCUT2D eigenvalue weighted by molar-refractivity contribution is -0.136. The Balaban J connectivity index is 1.36. The first kappa shape index (κ1) is 32.7. The molecule has 1 heterocycles. The van der Waals surface area contributed by atoms with Gasteiger partial charge >= 0.3 is 12.0 Å². The molecule has 0 spiro atoms. The van der Waals surface area contributed by atoms with Crippen molar-refractivity contribution in [3.05, 3.63) is 94.2 Å². The van der Waals surface area contributed by atoms with Crippen molar-refractivity contribution in [2.45, 2.75) is 39.6 Å². The lowest BCUT2D eigenvalue weighted by atomic mass is 9.95. The van der Waals surface area contributed by atoms with E-state index in [9.17, 15) is 14.7 Å². The molecule has 0 saturated carbocycles. The number of nitrogens with one attached hydrogen (secondary N) is 3. The number of aryl methyl sites for hydroxylation is 1. The maximum Gasteiger partial charge on any atom is 0.337 e. The van der Waals surface area contributed by atoms with Gasteiger partial charge < -0.3 is 39.4 Å². The van der Waals surface area contributed by atoms with E-state index in [0.29, 0.717) is 47.5 Å². The summed E-state index contributed by atoms with van der Waals surface area (Å²) in [7, 11) is 2.84. The first-order chi connectivity index (χ1) is 21.7. The normalized spacial score (nSPS) is 15.2. The molecule has 0 saturated heterocycles. The Morgan fingerprint density at radius 2 is 1.78 bits per heavy atom. The van der Waals surface area contributed by atoms with E-state index in [0.717, 1.165) is 16.7 Å². The minimum absolute atomic E-state index is 0.150. The van der Waals surface area contributed by atoms with Crippen molar-refractivity contribution in [1.82, 2.24) is 16.1 Å². The van der Waals surface area contributed by atoms with Gasteiger partial charge in [-0.15, -0.1) is 0 Å². The van der Waals surface area contributed by atoms with Crippen LogP contribution in [0.1, 0.15) is 42.1 Å². The van der Waals surface area contributed by atoms with Gasteiger partial charge in [0.2, 0.25) is 0 Å². The molecule has 3 aromatic rings. The second-order valence-corrected chi connectivity index (χ2v) is 10.1. The molecule has 0 fully saturated rings. The number of hydrazone groups is 1. The van der Waals surface area contributed by atoms with Gasteiger partial charge in [-0.25, -0.2) is 9.59 Å². The van der Waals surface area contributed by atoms with Crippen LogP contribution in [0, 0.1) is 6.92 Å². The summed E-state index contributed by atoms with van der Waals surface area (Å²) in [4.78, 5) is 24.6. The van der Waals surface area contributed by atoms with Crippen molar-refractivity contribution in [3.8, 4) is 23.0 Å². The standard InChI is InChI=1S/C33H38N4O8/c1-6-43-28-16-24(31-30(32(39)42-5)21(3)35-33(40)36-31)11-13-26(28)45-19-29(38)37-34-17-22-10-12-25(27(15-22)41-4)44-18-23-9-7-8-20(2)14-23/h7-17,29,31,37-38H,6,18-19H2,1-5H3,(H2,35,36,40)/b34-17-/t29-,31-/m0/s1. The summed E-state index contributed by atoms with van der Waals surface area (Å²) in [6, 6.07) is 17.3. The number of hydrogen-bond donors (Lipinski definition) is 4. The van der Waals surface area contributed by atoms with E-state index >= 15 is 0 Å². The number of ether oxygens (including phenoxy) is 5. The highest BCUT2D eigenvalue weighted by atomic mass is 16.5. The summed E-state index contributed by atoms with van der Waals surface area (Å²) in [5, 5.41) is 19.9. The van der Waals surface area contributed by atoms with Gasteiger partial charge in [-0.1, -0.05) is 35.9 Å². The number of aliphatic hydroxyl groups excluding tert-OH is 1. The van der Waals surface area contributed by atoms with Crippen molar-refractivity contribution < 1.29 is 38.4 Å². The highest BCUT2D eigenvalue weighted by molar-refractivity contribution is 5.95. The SMILES string of the molecule is CCOc1cc([C@@H]2NC(=O)NC(C)=C2C(=O)OC)ccc1OC[C@H](O)N/N=C\c1ccc(OCc2cccc(C)c2)c(OC)c1. The molecule has 4 N–H and O–H groups in total. The van der Waals surface area contributed by atoms with Crippen LogP contribution >= 0.6 is 0 Å². The smallest absolute Gasteiger partial charge is 0.337 e. The van der Waals surface area contributed by atoms with Crippen molar-refractivity contribution >= 4 is 18.2 Å². The maximum atomic E-state index is 12.4. The van der Waals surface area contributed by atoms with Crippen LogP contribution in [-0.4, -0.2) is 57.0 Å². The summed E-state index contributed by atoms with van der Waals surface area (Å²) in [5.41, 5.74) is 6.83. The molecule has 0 radical (unpaired) electrons. The third-order valence-corrected chi connectivity index (χ3v) is 6.77. The fourth-order valence-corrected chi connectivity index (χ4v) is 4.67. The molecule has 2 amide bonds. The highest BCUT2D eigenvalue weighted by Gasteiger charge is 2.32. The average molecular weight is 619 g/mol. The van der Waals surface area contributed by atoms with E-state index in [-0.39, 0.29) is 12.2 Å². The van der Waals surface area contributed by atoms with E-state index in [1.54, 1.807) is 44.4 Å². The van der Waals surface area contributed by atoms with Crippen LogP contribution in [0.5, 0.6) is 23.0 Å². The van der Waals surface area contributed by atoms with E-state index in [2.05, 4.69) is 27.2 Å². The summed E-state index contributed by atoms with van der Waals surface area (Å²) in [6.07, 6.45) is 0.396. The Morgan fingerprint density at radius 1 is 1.00 bits per heavy atom. The summed E-state index contributed by atoms with van der Waals surface area (Å²) >= 11 is 0. The zero-order valence-corrected chi connectivity index (χ0v) is 25.9. The number of benzene rings is 3. The molecule has 4 rings (SSSR count). The van der Waals surface area contributed by atoms with Gasteiger partial charge in [0.1, 0.15) is 13.2 Å². The molecule has 0 aliphatic carbocycles. The van der Waals surface area contributed by atoms with E-state index in [1.165, 1.54) is 13.3 Å². The Hall–Kier alpha value is -5.23. The van der Waals surface area contributed by atoms with E-state index in [1.807, 2.05) is 38.1 Å². The van der Waals surface area contributed by atoms with Gasteiger partial charge in [0, 0.05) is 5.70 Å². The number of amides is 2. The van der Waals surface area contributed by atoms with Crippen molar-refractivity contribution in [2.24, 2.45) is 5.10 Å². The quantitative estimate of drug-likeness (QED) is 0.0907. The van der Waals surface area contributed by atoms with Gasteiger partial charge in [0.15, 0.2) is 29.2 Å². The number of carbonyl (C=O) groups excluding carboxylic acids is 2. The molecule has 12 heteroatoms. The molecule has 45 heavy (non-hydrogen) atoms. The van der Waals surface area contributed by atoms with Crippen LogP contribution in [0.2, 0.25) is 0 Å². The van der Waals surface area contributed by atoms with Crippen LogP contribution in [0.4, 0.5) is 4.79 Å². The molecule has 3 aromatic carbocycles. The fourth-order valence-electron chi connectivity index (χ4n) is 4.67. The predicted molar refractivity (Wildman–Crippen MR) is 167 cm³/mol. The molecule has 2 atom stereocenters. The van der Waals surface area contributed by atoms with E-state index in [4.69, 9.17) is 23.7 Å². The van der Waals surface area contributed by atoms with Crippen LogP contribution in [0.15, 0.2) is 77.0 Å². The first-order valence-corrected chi connectivity index (χ1v) is 14.3. The second-order valence-electron chi connectivity index (χ2n) is 10.1. The van der Waals surface area contributed by atoms with Crippen molar-refractivity contribution in [1.29, 1.82) is 0 Å². The van der Waals surface area contributed by atoms with Crippen LogP contribution in [-0.2, 0) is 16.1 Å². The number of methoxy groups -OCH3 is 2. The van der Waals surface area contributed by atoms with Crippen LogP contribution in [0.3, 0.4) is 0 Å². The van der Waals surface area contributed by atoms with Gasteiger partial charge in [0.25, 0.3) is 0 Å². The third kappa shape index (κ3) is 8.67. The Labute approximate surface area is 262 Å². The topological polar surface area (TPSA) is 149 Å². The molecule has 238 valence electrons. The second kappa shape index (κ2) is 15.5. The molecule has 12 nitrogen and oxygen atoms in total. The summed E-state index contributed by atoms with van der Waals surface area (Å²) in [6.45, 7) is 6.07. The van der Waals surface area contributed by atoms with Gasteiger partial charge in [-0.05, 0) is 67.8 Å². The van der Waals surface area contributed by atoms with Crippen LogP contribution in [0.25, 0.3) is 0 Å². The Bertz CT molecular complexity index is 1570. The fraction of sp³-hybridized carbons (Fsp3) is 0.303. The lowest BCUT2D eigenvalue weighted by Gasteiger charge is -2.28. The Kier molecular flexibility index (Phi) is 11.2.